The number of hydrogen-bond acceptors (Lipinski definition) is 3. The summed E-state index contributed by atoms with van der Waals surface area (Å²) in [7, 11) is 0. The number of piperidine rings is 1. The molecule has 0 aliphatic carbocycles. The molecule has 0 spiro atoms. The average Bonchev–Trinajstić information content (AvgIpc) is 2.77. The van der Waals surface area contributed by atoms with E-state index in [-0.39, 0.29) is 23.9 Å². The molecule has 0 saturated carbocycles. The molecule has 3 rings (SSSR count). The third-order valence-corrected chi connectivity index (χ3v) is 7.01. The molecule has 2 aliphatic heterocycles. The molecule has 0 bridgehead atoms. The summed E-state index contributed by atoms with van der Waals surface area (Å²) < 4.78 is 0. The SMILES string of the molecule is CC(C)CC[C@@H]1NCCN([C@@H](CC(C)C)C(=O)N2CCC(Cc3ccccc3)CC2)C1=O. The van der Waals surface area contributed by atoms with Gasteiger partial charge in [-0.3, -0.25) is 9.59 Å². The highest BCUT2D eigenvalue weighted by atomic mass is 16.2. The lowest BCUT2D eigenvalue weighted by Gasteiger charge is -2.42. The van der Waals surface area contributed by atoms with Gasteiger partial charge in [0.1, 0.15) is 6.04 Å². The van der Waals surface area contributed by atoms with Crippen molar-refractivity contribution in [2.75, 3.05) is 26.2 Å². The fourth-order valence-electron chi connectivity index (χ4n) is 5.12. The van der Waals surface area contributed by atoms with Gasteiger partial charge in [-0.15, -0.1) is 0 Å². The molecule has 5 nitrogen and oxygen atoms in total. The monoisotopic (exact) mass is 441 g/mol. The molecular formula is C27H43N3O2. The van der Waals surface area contributed by atoms with E-state index in [0.717, 1.165) is 58.2 Å². The Morgan fingerprint density at radius 2 is 1.72 bits per heavy atom. The van der Waals surface area contributed by atoms with E-state index < -0.39 is 0 Å². The Bertz CT molecular complexity index is 726. The number of rotatable bonds is 9. The van der Waals surface area contributed by atoms with E-state index in [2.05, 4.69) is 63.3 Å². The molecule has 5 heteroatoms. The lowest BCUT2D eigenvalue weighted by atomic mass is 9.89. The first kappa shape index (κ1) is 24.8. The van der Waals surface area contributed by atoms with Gasteiger partial charge in [0.2, 0.25) is 11.8 Å². The topological polar surface area (TPSA) is 52.7 Å². The predicted octanol–water partition coefficient (Wildman–Crippen LogP) is 4.12. The van der Waals surface area contributed by atoms with Gasteiger partial charge >= 0.3 is 0 Å². The van der Waals surface area contributed by atoms with Crippen LogP contribution in [0.4, 0.5) is 0 Å². The van der Waals surface area contributed by atoms with Crippen molar-refractivity contribution in [2.24, 2.45) is 17.8 Å². The number of amides is 2. The number of carbonyl (C=O) groups excluding carboxylic acids is 2. The summed E-state index contributed by atoms with van der Waals surface area (Å²) in [4.78, 5) is 30.9. The van der Waals surface area contributed by atoms with Crippen molar-refractivity contribution < 1.29 is 9.59 Å². The van der Waals surface area contributed by atoms with Gasteiger partial charge in [-0.25, -0.2) is 0 Å². The smallest absolute Gasteiger partial charge is 0.245 e. The van der Waals surface area contributed by atoms with Crippen LogP contribution in [0, 0.1) is 17.8 Å². The third kappa shape index (κ3) is 6.81. The molecule has 178 valence electrons. The Morgan fingerprint density at radius 1 is 1.03 bits per heavy atom. The van der Waals surface area contributed by atoms with Crippen LogP contribution in [0.3, 0.4) is 0 Å². The van der Waals surface area contributed by atoms with Crippen molar-refractivity contribution in [2.45, 2.75) is 78.3 Å². The molecular weight excluding hydrogens is 398 g/mol. The number of nitrogens with one attached hydrogen (secondary N) is 1. The molecule has 0 aromatic heterocycles. The molecule has 0 radical (unpaired) electrons. The van der Waals surface area contributed by atoms with Crippen LogP contribution in [-0.4, -0.2) is 59.9 Å². The van der Waals surface area contributed by atoms with Crippen molar-refractivity contribution in [1.82, 2.24) is 15.1 Å². The molecule has 0 unspecified atom stereocenters. The summed E-state index contributed by atoms with van der Waals surface area (Å²) in [6.07, 6.45) is 5.79. The minimum Gasteiger partial charge on any atom is -0.341 e. The summed E-state index contributed by atoms with van der Waals surface area (Å²) in [5.41, 5.74) is 1.38. The van der Waals surface area contributed by atoms with E-state index >= 15 is 0 Å². The molecule has 2 saturated heterocycles. The molecule has 1 aromatic carbocycles. The Kier molecular flexibility index (Phi) is 9.15. The number of piperazine rings is 1. The van der Waals surface area contributed by atoms with E-state index in [1.807, 2.05) is 9.80 Å². The van der Waals surface area contributed by atoms with E-state index in [1.165, 1.54) is 5.56 Å². The zero-order chi connectivity index (χ0) is 23.1. The maximum absolute atomic E-state index is 13.6. The minimum atomic E-state index is -0.322. The normalized spacial score (nSPS) is 21.4. The summed E-state index contributed by atoms with van der Waals surface area (Å²) in [6, 6.07) is 10.2. The van der Waals surface area contributed by atoms with Crippen molar-refractivity contribution in [1.29, 1.82) is 0 Å². The predicted molar refractivity (Wildman–Crippen MR) is 130 cm³/mol. The summed E-state index contributed by atoms with van der Waals surface area (Å²) >= 11 is 0. The van der Waals surface area contributed by atoms with Gasteiger partial charge in [0, 0.05) is 26.2 Å². The van der Waals surface area contributed by atoms with Crippen LogP contribution in [0.25, 0.3) is 0 Å². The lowest BCUT2D eigenvalue weighted by Crippen LogP contribution is -2.62. The molecule has 1 N–H and O–H groups in total. The average molecular weight is 442 g/mol. The van der Waals surface area contributed by atoms with Gasteiger partial charge in [0.15, 0.2) is 0 Å². The molecule has 1 aromatic rings. The van der Waals surface area contributed by atoms with Crippen LogP contribution in [0.15, 0.2) is 30.3 Å². The number of nitrogens with zero attached hydrogens (tertiary/aromatic N) is 2. The highest BCUT2D eigenvalue weighted by molar-refractivity contribution is 5.90. The van der Waals surface area contributed by atoms with Gasteiger partial charge in [-0.1, -0.05) is 58.0 Å². The van der Waals surface area contributed by atoms with Crippen LogP contribution in [0.2, 0.25) is 0 Å². The van der Waals surface area contributed by atoms with Crippen LogP contribution < -0.4 is 5.32 Å². The maximum Gasteiger partial charge on any atom is 0.245 e. The Morgan fingerprint density at radius 3 is 2.34 bits per heavy atom. The maximum atomic E-state index is 13.6. The summed E-state index contributed by atoms with van der Waals surface area (Å²) in [6.45, 7) is 11.7. The van der Waals surface area contributed by atoms with E-state index in [1.54, 1.807) is 0 Å². The van der Waals surface area contributed by atoms with Crippen LogP contribution in [0.5, 0.6) is 0 Å². The largest absolute Gasteiger partial charge is 0.341 e. The molecule has 2 heterocycles. The molecule has 2 fully saturated rings. The second kappa shape index (κ2) is 11.8. The fraction of sp³-hybridized carbons (Fsp3) is 0.704. The first-order valence-electron chi connectivity index (χ1n) is 12.7. The van der Waals surface area contributed by atoms with Crippen LogP contribution >= 0.6 is 0 Å². The number of carbonyl (C=O) groups is 2. The number of benzene rings is 1. The molecule has 2 atom stereocenters. The summed E-state index contributed by atoms with van der Waals surface area (Å²) in [5.74, 6) is 1.86. The lowest BCUT2D eigenvalue weighted by molar-refractivity contribution is -0.150. The molecule has 2 amide bonds. The Hall–Kier alpha value is -1.88. The Labute approximate surface area is 194 Å². The standard InChI is InChI=1S/C27H43N3O2/c1-20(2)10-11-24-26(31)30(17-14-28-24)25(18-21(3)4)27(32)29-15-12-23(13-16-29)19-22-8-6-5-7-9-22/h5-9,20-21,23-25,28H,10-19H2,1-4H3/t24-,25-/m0/s1. The van der Waals surface area contributed by atoms with Crippen molar-refractivity contribution in [3.05, 3.63) is 35.9 Å². The zero-order valence-electron chi connectivity index (χ0n) is 20.6. The van der Waals surface area contributed by atoms with Gasteiger partial charge < -0.3 is 15.1 Å². The first-order valence-corrected chi connectivity index (χ1v) is 12.7. The van der Waals surface area contributed by atoms with Crippen molar-refractivity contribution >= 4 is 11.8 Å². The van der Waals surface area contributed by atoms with Crippen LogP contribution in [-0.2, 0) is 16.0 Å². The van der Waals surface area contributed by atoms with Crippen molar-refractivity contribution in [3.63, 3.8) is 0 Å². The fourth-order valence-corrected chi connectivity index (χ4v) is 5.12. The molecule has 32 heavy (non-hydrogen) atoms. The van der Waals surface area contributed by atoms with Crippen molar-refractivity contribution in [3.8, 4) is 0 Å². The van der Waals surface area contributed by atoms with Gasteiger partial charge in [-0.2, -0.15) is 0 Å². The zero-order valence-corrected chi connectivity index (χ0v) is 20.6. The second-order valence-electron chi connectivity index (χ2n) is 10.6. The minimum absolute atomic E-state index is 0.120. The summed E-state index contributed by atoms with van der Waals surface area (Å²) in [5, 5.41) is 3.39. The quantitative estimate of drug-likeness (QED) is 0.627. The number of hydrogen-bond donors (Lipinski definition) is 1. The Balaban J connectivity index is 1.61. The highest BCUT2D eigenvalue weighted by Gasteiger charge is 2.38. The van der Waals surface area contributed by atoms with E-state index in [4.69, 9.17) is 0 Å². The van der Waals surface area contributed by atoms with Gasteiger partial charge in [0.05, 0.1) is 6.04 Å². The first-order chi connectivity index (χ1) is 15.3. The molecule has 2 aliphatic rings. The number of likely N-dealkylation sites (tertiary alicyclic amines) is 1. The van der Waals surface area contributed by atoms with Gasteiger partial charge in [0.25, 0.3) is 0 Å². The third-order valence-electron chi connectivity index (χ3n) is 7.01. The highest BCUT2D eigenvalue weighted by Crippen LogP contribution is 2.25. The van der Waals surface area contributed by atoms with E-state index in [9.17, 15) is 9.59 Å². The van der Waals surface area contributed by atoms with Crippen LogP contribution in [0.1, 0.15) is 65.4 Å². The van der Waals surface area contributed by atoms with Gasteiger partial charge in [-0.05, 0) is 61.8 Å². The second-order valence-corrected chi connectivity index (χ2v) is 10.6. The van der Waals surface area contributed by atoms with E-state index in [0.29, 0.717) is 24.3 Å².